The molecule has 0 N–H and O–H groups in total. The average Bonchev–Trinajstić information content (AvgIpc) is 3.02. The second kappa shape index (κ2) is 5.25. The highest BCUT2D eigenvalue weighted by Gasteiger charge is 2.46. The van der Waals surface area contributed by atoms with Crippen molar-refractivity contribution in [2.45, 2.75) is 58.7 Å². The molecule has 2 aliphatic rings. The Labute approximate surface area is 105 Å². The first kappa shape index (κ1) is 13.3. The highest BCUT2D eigenvalue weighted by molar-refractivity contribution is 4.97. The Morgan fingerprint density at radius 1 is 1.24 bits per heavy atom. The number of morpholine rings is 1. The molecule has 2 atom stereocenters. The normalized spacial score (nSPS) is 33.0. The number of ether oxygens (including phenoxy) is 2. The van der Waals surface area contributed by atoms with E-state index in [1.165, 1.54) is 19.4 Å². The van der Waals surface area contributed by atoms with Crippen molar-refractivity contribution in [3.63, 3.8) is 0 Å². The van der Waals surface area contributed by atoms with E-state index in [1.54, 1.807) is 0 Å². The maximum absolute atomic E-state index is 5.82. The van der Waals surface area contributed by atoms with Crippen molar-refractivity contribution >= 4 is 0 Å². The Bertz CT molecular complexity index is 241. The summed E-state index contributed by atoms with van der Waals surface area (Å²) in [4.78, 5) is 2.61. The molecule has 0 amide bonds. The minimum atomic E-state index is 0.354. The molecule has 1 aliphatic heterocycles. The molecule has 0 unspecified atom stereocenters. The zero-order chi connectivity index (χ0) is 12.5. The van der Waals surface area contributed by atoms with Gasteiger partial charge >= 0.3 is 0 Å². The van der Waals surface area contributed by atoms with Crippen LogP contribution in [0.5, 0.6) is 0 Å². The number of hydrogen-bond donors (Lipinski definition) is 0. The molecule has 1 saturated heterocycles. The van der Waals surface area contributed by atoms with Crippen molar-refractivity contribution in [2.24, 2.45) is 5.41 Å². The summed E-state index contributed by atoms with van der Waals surface area (Å²) in [5, 5.41) is 0. The molecule has 100 valence electrons. The highest BCUT2D eigenvalue weighted by Crippen LogP contribution is 2.47. The van der Waals surface area contributed by atoms with Gasteiger partial charge in [-0.15, -0.1) is 0 Å². The Morgan fingerprint density at radius 3 is 2.29 bits per heavy atom. The average molecular weight is 241 g/mol. The fraction of sp³-hybridized carbons (Fsp3) is 1.00. The molecule has 0 radical (unpaired) electrons. The fourth-order valence-electron chi connectivity index (χ4n) is 2.60. The predicted octanol–water partition coefficient (Wildman–Crippen LogP) is 2.30. The van der Waals surface area contributed by atoms with Crippen LogP contribution >= 0.6 is 0 Å². The largest absolute Gasteiger partial charge is 0.378 e. The van der Waals surface area contributed by atoms with Gasteiger partial charge in [0.05, 0.1) is 25.9 Å². The molecule has 0 aromatic rings. The van der Waals surface area contributed by atoms with Crippen LogP contribution in [0.25, 0.3) is 0 Å². The van der Waals surface area contributed by atoms with Gasteiger partial charge in [0.25, 0.3) is 0 Å². The third-order valence-electron chi connectivity index (χ3n) is 4.05. The lowest BCUT2D eigenvalue weighted by Gasteiger charge is -2.41. The summed E-state index contributed by atoms with van der Waals surface area (Å²) in [7, 11) is 0. The SMILES string of the molecule is CC(C)OCC1(CN2[C@H](C)COC[C@H]2C)CC1. The molecule has 3 nitrogen and oxygen atoms in total. The van der Waals surface area contributed by atoms with Gasteiger partial charge in [0, 0.05) is 24.0 Å². The Balaban J connectivity index is 1.86. The van der Waals surface area contributed by atoms with Crippen LogP contribution in [0, 0.1) is 5.41 Å². The third kappa shape index (κ3) is 3.43. The lowest BCUT2D eigenvalue weighted by molar-refractivity contribution is -0.0558. The van der Waals surface area contributed by atoms with Gasteiger partial charge in [0.2, 0.25) is 0 Å². The first-order valence-corrected chi connectivity index (χ1v) is 6.97. The van der Waals surface area contributed by atoms with E-state index in [0.717, 1.165) is 19.8 Å². The van der Waals surface area contributed by atoms with Crippen LogP contribution in [0.1, 0.15) is 40.5 Å². The van der Waals surface area contributed by atoms with E-state index in [2.05, 4.69) is 32.6 Å². The summed E-state index contributed by atoms with van der Waals surface area (Å²) in [6.07, 6.45) is 3.01. The van der Waals surface area contributed by atoms with E-state index < -0.39 is 0 Å². The quantitative estimate of drug-likeness (QED) is 0.737. The summed E-state index contributed by atoms with van der Waals surface area (Å²) in [6.45, 7) is 12.7. The predicted molar refractivity (Wildman–Crippen MR) is 69.2 cm³/mol. The minimum Gasteiger partial charge on any atom is -0.378 e. The number of rotatable bonds is 5. The lowest BCUT2D eigenvalue weighted by Crippen LogP contribution is -2.52. The molecular formula is C14H27NO2. The van der Waals surface area contributed by atoms with E-state index in [-0.39, 0.29) is 0 Å². The van der Waals surface area contributed by atoms with Gasteiger partial charge in [0.1, 0.15) is 0 Å². The van der Waals surface area contributed by atoms with E-state index in [9.17, 15) is 0 Å². The minimum absolute atomic E-state index is 0.354. The zero-order valence-electron chi connectivity index (χ0n) is 11.7. The van der Waals surface area contributed by atoms with Gasteiger partial charge in [-0.05, 0) is 40.5 Å². The monoisotopic (exact) mass is 241 g/mol. The summed E-state index contributed by atoms with van der Waals surface area (Å²) < 4.78 is 11.4. The van der Waals surface area contributed by atoms with E-state index >= 15 is 0 Å². The lowest BCUT2D eigenvalue weighted by atomic mass is 10.0. The smallest absolute Gasteiger partial charge is 0.0620 e. The molecule has 1 saturated carbocycles. The third-order valence-corrected chi connectivity index (χ3v) is 4.05. The molecule has 0 bridgehead atoms. The van der Waals surface area contributed by atoms with Crippen LogP contribution in [0.4, 0.5) is 0 Å². The van der Waals surface area contributed by atoms with Crippen molar-refractivity contribution in [3.05, 3.63) is 0 Å². The van der Waals surface area contributed by atoms with Gasteiger partial charge in [-0.3, -0.25) is 4.90 Å². The Hall–Kier alpha value is -0.120. The van der Waals surface area contributed by atoms with Gasteiger partial charge in [-0.2, -0.15) is 0 Å². The van der Waals surface area contributed by atoms with E-state index in [4.69, 9.17) is 9.47 Å². The van der Waals surface area contributed by atoms with Gasteiger partial charge in [-0.25, -0.2) is 0 Å². The van der Waals surface area contributed by atoms with Crippen molar-refractivity contribution in [2.75, 3.05) is 26.4 Å². The molecule has 1 heterocycles. The van der Waals surface area contributed by atoms with E-state index in [1.807, 2.05) is 0 Å². The second-order valence-corrected chi connectivity index (χ2v) is 6.27. The number of nitrogens with zero attached hydrogens (tertiary/aromatic N) is 1. The molecule has 2 fully saturated rings. The van der Waals surface area contributed by atoms with Crippen molar-refractivity contribution in [3.8, 4) is 0 Å². The molecule has 0 aromatic carbocycles. The molecule has 0 spiro atoms. The first-order chi connectivity index (χ1) is 8.02. The van der Waals surface area contributed by atoms with Crippen molar-refractivity contribution in [1.29, 1.82) is 0 Å². The Morgan fingerprint density at radius 2 is 1.82 bits per heavy atom. The van der Waals surface area contributed by atoms with E-state index in [0.29, 0.717) is 23.6 Å². The maximum atomic E-state index is 5.82. The van der Waals surface area contributed by atoms with Crippen LogP contribution in [0.2, 0.25) is 0 Å². The maximum Gasteiger partial charge on any atom is 0.0620 e. The Kier molecular flexibility index (Phi) is 4.11. The highest BCUT2D eigenvalue weighted by atomic mass is 16.5. The molecule has 3 heteroatoms. The molecular weight excluding hydrogens is 214 g/mol. The summed E-state index contributed by atoms with van der Waals surface area (Å²) in [5.41, 5.74) is 0.449. The number of hydrogen-bond acceptors (Lipinski definition) is 3. The van der Waals surface area contributed by atoms with Crippen molar-refractivity contribution < 1.29 is 9.47 Å². The topological polar surface area (TPSA) is 21.7 Å². The van der Waals surface area contributed by atoms with Crippen LogP contribution in [0.3, 0.4) is 0 Å². The molecule has 17 heavy (non-hydrogen) atoms. The summed E-state index contributed by atoms with van der Waals surface area (Å²) in [6, 6.07) is 1.10. The summed E-state index contributed by atoms with van der Waals surface area (Å²) in [5.74, 6) is 0. The zero-order valence-corrected chi connectivity index (χ0v) is 11.7. The molecule has 0 aromatic heterocycles. The van der Waals surface area contributed by atoms with Crippen LogP contribution in [0.15, 0.2) is 0 Å². The van der Waals surface area contributed by atoms with Crippen LogP contribution < -0.4 is 0 Å². The van der Waals surface area contributed by atoms with Crippen LogP contribution in [-0.4, -0.2) is 49.5 Å². The first-order valence-electron chi connectivity index (χ1n) is 6.97. The standard InChI is InChI=1S/C14H27NO2/c1-11(2)17-10-14(5-6-14)9-15-12(3)7-16-8-13(15)4/h11-13H,5-10H2,1-4H3/t12-,13-/m1/s1. The molecule has 1 aliphatic carbocycles. The molecule has 2 rings (SSSR count). The summed E-state index contributed by atoms with van der Waals surface area (Å²) >= 11 is 0. The van der Waals surface area contributed by atoms with Crippen molar-refractivity contribution in [1.82, 2.24) is 4.90 Å². The van der Waals surface area contributed by atoms with Crippen LogP contribution in [-0.2, 0) is 9.47 Å². The fourth-order valence-corrected chi connectivity index (χ4v) is 2.60. The van der Waals surface area contributed by atoms with Gasteiger partial charge in [-0.1, -0.05) is 0 Å². The van der Waals surface area contributed by atoms with Gasteiger partial charge in [0.15, 0.2) is 0 Å². The second-order valence-electron chi connectivity index (χ2n) is 6.27. The van der Waals surface area contributed by atoms with Gasteiger partial charge < -0.3 is 9.47 Å².